The second-order valence-corrected chi connectivity index (χ2v) is 3.79. The van der Waals surface area contributed by atoms with Gasteiger partial charge in [0.15, 0.2) is 0 Å². The number of hydrogen-bond acceptors (Lipinski definition) is 1. The summed E-state index contributed by atoms with van der Waals surface area (Å²) >= 11 is 2.75. The Morgan fingerprint density at radius 2 is 1.62 bits per heavy atom. The lowest BCUT2D eigenvalue weighted by Crippen LogP contribution is -2.18. The Morgan fingerprint density at radius 3 is 2.06 bits per heavy atom. The van der Waals surface area contributed by atoms with Crippen molar-refractivity contribution >= 4 is 15.9 Å². The van der Waals surface area contributed by atoms with E-state index in [1.54, 1.807) is 0 Å². The van der Waals surface area contributed by atoms with Crippen LogP contribution in [0.2, 0.25) is 0 Å². The van der Waals surface area contributed by atoms with E-state index in [0.717, 1.165) is 6.07 Å². The standard InChI is InChI=1S/C9H3BrF5N/c10-5-1-2-6(8(11,12)4-16)7(3-5)9(13,14)15/h1-3H. The Kier molecular flexibility index (Phi) is 3.24. The molecule has 0 heterocycles. The fourth-order valence-corrected chi connectivity index (χ4v) is 1.45. The maximum Gasteiger partial charge on any atom is 0.416 e. The molecule has 0 radical (unpaired) electrons. The van der Waals surface area contributed by atoms with Crippen molar-refractivity contribution in [2.75, 3.05) is 0 Å². The predicted octanol–water partition coefficient (Wildman–Crippen LogP) is 4.08. The first-order chi connectivity index (χ1) is 7.18. The Bertz CT molecular complexity index is 446. The minimum atomic E-state index is -4.93. The molecule has 0 unspecified atom stereocenters. The van der Waals surface area contributed by atoms with Gasteiger partial charge in [-0.25, -0.2) is 0 Å². The molecule has 0 atom stereocenters. The van der Waals surface area contributed by atoms with Gasteiger partial charge in [0.1, 0.15) is 6.07 Å². The smallest absolute Gasteiger partial charge is 0.191 e. The number of hydrogen-bond donors (Lipinski definition) is 0. The lowest BCUT2D eigenvalue weighted by atomic mass is 10.0. The summed E-state index contributed by atoms with van der Waals surface area (Å²) in [5.74, 6) is -4.16. The van der Waals surface area contributed by atoms with Gasteiger partial charge in [-0.3, -0.25) is 0 Å². The molecule has 7 heteroatoms. The highest BCUT2D eigenvalue weighted by atomic mass is 79.9. The summed E-state index contributed by atoms with van der Waals surface area (Å²) in [5, 5.41) is 8.13. The first-order valence-electron chi connectivity index (χ1n) is 3.85. The van der Waals surface area contributed by atoms with Gasteiger partial charge in [-0.05, 0) is 12.1 Å². The highest BCUT2D eigenvalue weighted by molar-refractivity contribution is 9.10. The number of nitrogens with zero attached hydrogens (tertiary/aromatic N) is 1. The van der Waals surface area contributed by atoms with Crippen LogP contribution in [0.25, 0.3) is 0 Å². The van der Waals surface area contributed by atoms with Crippen molar-refractivity contribution in [3.8, 4) is 6.07 Å². The topological polar surface area (TPSA) is 23.8 Å². The van der Waals surface area contributed by atoms with Crippen LogP contribution >= 0.6 is 15.9 Å². The lowest BCUT2D eigenvalue weighted by molar-refractivity contribution is -0.140. The van der Waals surface area contributed by atoms with Gasteiger partial charge in [-0.15, -0.1) is 0 Å². The highest BCUT2D eigenvalue weighted by Gasteiger charge is 2.42. The summed E-state index contributed by atoms with van der Waals surface area (Å²) < 4.78 is 63.2. The molecule has 0 amide bonds. The molecule has 1 nitrogen and oxygen atoms in total. The van der Waals surface area contributed by atoms with Crippen molar-refractivity contribution < 1.29 is 22.0 Å². The number of nitriles is 1. The number of halogens is 6. The maximum absolute atomic E-state index is 12.9. The summed E-state index contributed by atoms with van der Waals surface area (Å²) in [4.78, 5) is 0. The molecule has 86 valence electrons. The van der Waals surface area contributed by atoms with E-state index >= 15 is 0 Å². The van der Waals surface area contributed by atoms with Crippen LogP contribution in [0.3, 0.4) is 0 Å². The Labute approximate surface area is 95.6 Å². The fraction of sp³-hybridized carbons (Fsp3) is 0.222. The van der Waals surface area contributed by atoms with Gasteiger partial charge >= 0.3 is 12.1 Å². The molecular weight excluding hydrogens is 297 g/mol. The van der Waals surface area contributed by atoms with E-state index in [4.69, 9.17) is 5.26 Å². The van der Waals surface area contributed by atoms with Crippen molar-refractivity contribution in [2.45, 2.75) is 12.1 Å². The number of alkyl halides is 5. The van der Waals surface area contributed by atoms with Gasteiger partial charge in [-0.1, -0.05) is 22.0 Å². The number of rotatable bonds is 1. The van der Waals surface area contributed by atoms with E-state index in [1.807, 2.05) is 0 Å². The molecular formula is C9H3BrF5N. The molecule has 1 rings (SSSR count). The van der Waals surface area contributed by atoms with Crippen LogP contribution in [0.5, 0.6) is 0 Å². The van der Waals surface area contributed by atoms with E-state index in [1.165, 1.54) is 0 Å². The molecule has 1 aromatic rings. The molecule has 0 bridgehead atoms. The first-order valence-corrected chi connectivity index (χ1v) is 4.64. The Hall–Kier alpha value is -1.16. The van der Waals surface area contributed by atoms with Crippen LogP contribution in [-0.4, -0.2) is 0 Å². The van der Waals surface area contributed by atoms with Gasteiger partial charge in [0.2, 0.25) is 0 Å². The molecule has 0 aliphatic carbocycles. The average Bonchev–Trinajstić information content (AvgIpc) is 2.16. The quantitative estimate of drug-likeness (QED) is 0.717. The molecule has 0 saturated heterocycles. The molecule has 0 aromatic heterocycles. The van der Waals surface area contributed by atoms with Crippen molar-refractivity contribution in [2.24, 2.45) is 0 Å². The van der Waals surface area contributed by atoms with Crippen LogP contribution in [0.1, 0.15) is 11.1 Å². The summed E-state index contributed by atoms with van der Waals surface area (Å²) in [7, 11) is 0. The third kappa shape index (κ3) is 2.50. The third-order valence-corrected chi connectivity index (χ3v) is 2.26. The van der Waals surface area contributed by atoms with E-state index in [0.29, 0.717) is 18.2 Å². The van der Waals surface area contributed by atoms with Gasteiger partial charge < -0.3 is 0 Å². The second kappa shape index (κ2) is 4.01. The molecule has 0 fully saturated rings. The molecule has 0 aliphatic heterocycles. The van der Waals surface area contributed by atoms with Crippen molar-refractivity contribution in [1.29, 1.82) is 5.26 Å². The monoisotopic (exact) mass is 299 g/mol. The van der Waals surface area contributed by atoms with E-state index < -0.39 is 23.2 Å². The molecule has 1 aromatic carbocycles. The zero-order chi connectivity index (χ0) is 12.6. The molecule has 0 spiro atoms. The minimum Gasteiger partial charge on any atom is -0.191 e. The van der Waals surface area contributed by atoms with Crippen LogP contribution in [-0.2, 0) is 12.1 Å². The van der Waals surface area contributed by atoms with Crippen LogP contribution in [0.15, 0.2) is 22.7 Å². The highest BCUT2D eigenvalue weighted by Crippen LogP contribution is 2.40. The van der Waals surface area contributed by atoms with E-state index in [-0.39, 0.29) is 4.47 Å². The van der Waals surface area contributed by atoms with Crippen molar-refractivity contribution in [3.05, 3.63) is 33.8 Å². The number of benzene rings is 1. The van der Waals surface area contributed by atoms with Gasteiger partial charge in [0.25, 0.3) is 0 Å². The van der Waals surface area contributed by atoms with Gasteiger partial charge in [0.05, 0.1) is 5.56 Å². The zero-order valence-corrected chi connectivity index (χ0v) is 9.03. The average molecular weight is 300 g/mol. The van der Waals surface area contributed by atoms with Crippen LogP contribution < -0.4 is 0 Å². The van der Waals surface area contributed by atoms with E-state index in [9.17, 15) is 22.0 Å². The van der Waals surface area contributed by atoms with E-state index in [2.05, 4.69) is 15.9 Å². The normalized spacial score (nSPS) is 12.3. The third-order valence-electron chi connectivity index (χ3n) is 1.77. The Morgan fingerprint density at radius 1 is 1.06 bits per heavy atom. The summed E-state index contributed by atoms with van der Waals surface area (Å²) in [6.45, 7) is 0. The second-order valence-electron chi connectivity index (χ2n) is 2.87. The summed E-state index contributed by atoms with van der Waals surface area (Å²) in [6, 6.07) is 2.66. The SMILES string of the molecule is N#CC(F)(F)c1ccc(Br)cc1C(F)(F)F. The van der Waals surface area contributed by atoms with Crippen LogP contribution in [0, 0.1) is 11.3 Å². The first kappa shape index (κ1) is 12.9. The van der Waals surface area contributed by atoms with Crippen molar-refractivity contribution in [1.82, 2.24) is 0 Å². The minimum absolute atomic E-state index is 0.0114. The van der Waals surface area contributed by atoms with Crippen molar-refractivity contribution in [3.63, 3.8) is 0 Å². The van der Waals surface area contributed by atoms with Gasteiger partial charge in [0, 0.05) is 10.0 Å². The molecule has 0 N–H and O–H groups in total. The fourth-order valence-electron chi connectivity index (χ4n) is 1.09. The molecule has 0 saturated carbocycles. The molecule has 16 heavy (non-hydrogen) atoms. The summed E-state index contributed by atoms with van der Waals surface area (Å²) in [6.07, 6.45) is -4.93. The zero-order valence-electron chi connectivity index (χ0n) is 7.45. The summed E-state index contributed by atoms with van der Waals surface area (Å²) in [5.41, 5.74) is -2.86. The largest absolute Gasteiger partial charge is 0.416 e. The maximum atomic E-state index is 12.9. The molecule has 0 aliphatic rings. The Balaban J connectivity index is 3.48. The lowest BCUT2D eigenvalue weighted by Gasteiger charge is -2.16. The predicted molar refractivity (Wildman–Crippen MR) is 48.7 cm³/mol. The van der Waals surface area contributed by atoms with Crippen LogP contribution in [0.4, 0.5) is 22.0 Å². The van der Waals surface area contributed by atoms with Gasteiger partial charge in [-0.2, -0.15) is 27.2 Å².